The van der Waals surface area contributed by atoms with Crippen molar-refractivity contribution in [3.8, 4) is 11.5 Å². The summed E-state index contributed by atoms with van der Waals surface area (Å²) in [5, 5.41) is 0. The van der Waals surface area contributed by atoms with Crippen molar-refractivity contribution < 1.29 is 28.5 Å². The van der Waals surface area contributed by atoms with Gasteiger partial charge in [0, 0.05) is 6.07 Å². The zero-order valence-electron chi connectivity index (χ0n) is 12.0. The van der Waals surface area contributed by atoms with Gasteiger partial charge in [-0.3, -0.25) is 9.59 Å². The van der Waals surface area contributed by atoms with E-state index in [-0.39, 0.29) is 6.42 Å². The van der Waals surface area contributed by atoms with Crippen molar-refractivity contribution in [2.24, 2.45) is 5.92 Å². The van der Waals surface area contributed by atoms with Crippen LogP contribution < -0.4 is 9.47 Å². The van der Waals surface area contributed by atoms with Crippen molar-refractivity contribution in [1.82, 2.24) is 0 Å². The molecule has 0 unspecified atom stereocenters. The maximum absolute atomic E-state index is 11.6. The Balaban J connectivity index is 3.03. The highest BCUT2D eigenvalue weighted by Gasteiger charge is 2.29. The van der Waals surface area contributed by atoms with Crippen molar-refractivity contribution in [3.05, 3.63) is 23.8 Å². The Morgan fingerprint density at radius 3 is 1.70 bits per heavy atom. The predicted molar refractivity (Wildman–Crippen MR) is 70.8 cm³/mol. The Kier molecular flexibility index (Phi) is 5.83. The molecule has 0 saturated carbocycles. The summed E-state index contributed by atoms with van der Waals surface area (Å²) in [6, 6.07) is 5.15. The second kappa shape index (κ2) is 7.37. The average molecular weight is 282 g/mol. The smallest absolute Gasteiger partial charge is 0.320 e. The van der Waals surface area contributed by atoms with E-state index in [1.165, 1.54) is 28.4 Å². The molecule has 0 aliphatic carbocycles. The van der Waals surface area contributed by atoms with Gasteiger partial charge in [0.2, 0.25) is 0 Å². The minimum Gasteiger partial charge on any atom is -0.497 e. The number of carbonyl (C=O) groups excluding carboxylic acids is 2. The molecule has 1 aromatic rings. The van der Waals surface area contributed by atoms with Gasteiger partial charge in [-0.25, -0.2) is 0 Å². The van der Waals surface area contributed by atoms with E-state index in [1.807, 2.05) is 0 Å². The molecule has 110 valence electrons. The Morgan fingerprint density at radius 1 is 0.900 bits per heavy atom. The third kappa shape index (κ3) is 3.88. The van der Waals surface area contributed by atoms with Crippen LogP contribution in [0.25, 0.3) is 0 Å². The molecule has 0 aliphatic rings. The van der Waals surface area contributed by atoms with Crippen LogP contribution in [0.15, 0.2) is 18.2 Å². The summed E-state index contributed by atoms with van der Waals surface area (Å²) in [7, 11) is 5.50. The summed E-state index contributed by atoms with van der Waals surface area (Å²) >= 11 is 0. The molecule has 1 aromatic carbocycles. The summed E-state index contributed by atoms with van der Waals surface area (Å²) in [6.45, 7) is 0. The number of carbonyl (C=O) groups is 2. The van der Waals surface area contributed by atoms with E-state index in [2.05, 4.69) is 9.47 Å². The molecular weight excluding hydrogens is 264 g/mol. The lowest BCUT2D eigenvalue weighted by molar-refractivity contribution is -0.158. The van der Waals surface area contributed by atoms with Crippen molar-refractivity contribution in [2.75, 3.05) is 28.4 Å². The molecule has 0 amide bonds. The van der Waals surface area contributed by atoms with E-state index in [1.54, 1.807) is 18.2 Å². The summed E-state index contributed by atoms with van der Waals surface area (Å²) in [5.41, 5.74) is 0.710. The van der Waals surface area contributed by atoms with Gasteiger partial charge >= 0.3 is 11.9 Å². The molecule has 0 spiro atoms. The zero-order valence-corrected chi connectivity index (χ0v) is 12.0. The summed E-state index contributed by atoms with van der Waals surface area (Å²) in [6.07, 6.45) is 0.146. The Bertz CT molecular complexity index is 444. The van der Waals surface area contributed by atoms with E-state index in [9.17, 15) is 9.59 Å². The van der Waals surface area contributed by atoms with Crippen LogP contribution in [0, 0.1) is 5.92 Å². The third-order valence-electron chi connectivity index (χ3n) is 2.82. The number of esters is 2. The molecule has 6 nitrogen and oxygen atoms in total. The number of methoxy groups -OCH3 is 4. The topological polar surface area (TPSA) is 71.1 Å². The summed E-state index contributed by atoms with van der Waals surface area (Å²) in [5.74, 6) is -1.14. The Hall–Kier alpha value is -2.24. The van der Waals surface area contributed by atoms with Gasteiger partial charge in [0.05, 0.1) is 28.4 Å². The highest BCUT2D eigenvalue weighted by molar-refractivity contribution is 5.95. The Labute approximate surface area is 117 Å². The SMILES string of the molecule is COC(=O)C(Cc1cc(OC)cc(OC)c1)C(=O)OC. The van der Waals surface area contributed by atoms with Gasteiger partial charge in [0.1, 0.15) is 11.5 Å². The third-order valence-corrected chi connectivity index (χ3v) is 2.82. The molecule has 0 heterocycles. The maximum Gasteiger partial charge on any atom is 0.320 e. The second-order valence-corrected chi connectivity index (χ2v) is 4.02. The lowest BCUT2D eigenvalue weighted by atomic mass is 9.99. The van der Waals surface area contributed by atoms with Crippen LogP contribution >= 0.6 is 0 Å². The van der Waals surface area contributed by atoms with Crippen LogP contribution in [-0.2, 0) is 25.5 Å². The van der Waals surface area contributed by atoms with Crippen molar-refractivity contribution in [3.63, 3.8) is 0 Å². The van der Waals surface area contributed by atoms with Crippen LogP contribution in [0.4, 0.5) is 0 Å². The standard InChI is InChI=1S/C14H18O6/c1-17-10-5-9(6-11(8-10)18-2)7-12(13(15)19-3)14(16)20-4/h5-6,8,12H,7H2,1-4H3. The normalized spacial score (nSPS) is 10.1. The summed E-state index contributed by atoms with van der Waals surface area (Å²) in [4.78, 5) is 23.3. The first-order valence-electron chi connectivity index (χ1n) is 5.93. The molecule has 20 heavy (non-hydrogen) atoms. The van der Waals surface area contributed by atoms with Crippen LogP contribution in [0.3, 0.4) is 0 Å². The van der Waals surface area contributed by atoms with Gasteiger partial charge in [0.15, 0.2) is 5.92 Å². The van der Waals surface area contributed by atoms with E-state index in [0.29, 0.717) is 17.1 Å². The molecular formula is C14H18O6. The number of hydrogen-bond acceptors (Lipinski definition) is 6. The van der Waals surface area contributed by atoms with E-state index in [0.717, 1.165) is 0 Å². The highest BCUT2D eigenvalue weighted by Crippen LogP contribution is 2.24. The molecule has 0 fully saturated rings. The molecule has 6 heteroatoms. The van der Waals surface area contributed by atoms with Gasteiger partial charge in [-0.2, -0.15) is 0 Å². The van der Waals surface area contributed by atoms with Crippen molar-refractivity contribution >= 4 is 11.9 Å². The predicted octanol–water partition coefficient (Wildman–Crippen LogP) is 1.21. The fourth-order valence-electron chi connectivity index (χ4n) is 1.77. The molecule has 1 rings (SSSR count). The minimum atomic E-state index is -1.01. The fraction of sp³-hybridized carbons (Fsp3) is 0.429. The van der Waals surface area contributed by atoms with E-state index < -0.39 is 17.9 Å². The first kappa shape index (κ1) is 15.8. The van der Waals surface area contributed by atoms with Gasteiger partial charge in [0.25, 0.3) is 0 Å². The number of benzene rings is 1. The molecule has 0 atom stereocenters. The van der Waals surface area contributed by atoms with Crippen LogP contribution in [0.2, 0.25) is 0 Å². The van der Waals surface area contributed by atoms with Crippen LogP contribution in [-0.4, -0.2) is 40.4 Å². The van der Waals surface area contributed by atoms with Crippen molar-refractivity contribution in [2.45, 2.75) is 6.42 Å². The van der Waals surface area contributed by atoms with Crippen LogP contribution in [0.5, 0.6) is 11.5 Å². The number of ether oxygens (including phenoxy) is 4. The maximum atomic E-state index is 11.6. The molecule has 0 radical (unpaired) electrons. The summed E-state index contributed by atoms with van der Waals surface area (Å²) < 4.78 is 19.5. The number of hydrogen-bond donors (Lipinski definition) is 0. The molecule has 0 aliphatic heterocycles. The van der Waals surface area contributed by atoms with Gasteiger partial charge in [-0.1, -0.05) is 0 Å². The first-order chi connectivity index (χ1) is 9.55. The van der Waals surface area contributed by atoms with Gasteiger partial charge in [-0.15, -0.1) is 0 Å². The van der Waals surface area contributed by atoms with Gasteiger partial charge in [-0.05, 0) is 24.1 Å². The highest BCUT2D eigenvalue weighted by atomic mass is 16.5. The zero-order chi connectivity index (χ0) is 15.1. The Morgan fingerprint density at radius 2 is 1.35 bits per heavy atom. The quantitative estimate of drug-likeness (QED) is 0.577. The average Bonchev–Trinajstić information content (AvgIpc) is 2.50. The van der Waals surface area contributed by atoms with Crippen molar-refractivity contribution in [1.29, 1.82) is 0 Å². The molecule has 0 bridgehead atoms. The van der Waals surface area contributed by atoms with E-state index in [4.69, 9.17) is 9.47 Å². The lowest BCUT2D eigenvalue weighted by Crippen LogP contribution is -2.28. The van der Waals surface area contributed by atoms with E-state index >= 15 is 0 Å². The molecule has 0 saturated heterocycles. The second-order valence-electron chi connectivity index (χ2n) is 4.02. The van der Waals surface area contributed by atoms with Gasteiger partial charge < -0.3 is 18.9 Å². The van der Waals surface area contributed by atoms with Crippen LogP contribution in [0.1, 0.15) is 5.56 Å². The fourth-order valence-corrected chi connectivity index (χ4v) is 1.77. The molecule has 0 aromatic heterocycles. The molecule has 0 N–H and O–H groups in total. The number of rotatable bonds is 6. The monoisotopic (exact) mass is 282 g/mol. The lowest BCUT2D eigenvalue weighted by Gasteiger charge is -2.14. The largest absolute Gasteiger partial charge is 0.497 e. The first-order valence-corrected chi connectivity index (χ1v) is 5.93. The minimum absolute atomic E-state index is 0.146.